The van der Waals surface area contributed by atoms with Gasteiger partial charge in [0.2, 0.25) is 0 Å². The Morgan fingerprint density at radius 2 is 2.07 bits per heavy atom. The highest BCUT2D eigenvalue weighted by Gasteiger charge is 2.32. The van der Waals surface area contributed by atoms with Gasteiger partial charge >= 0.3 is 6.36 Å². The van der Waals surface area contributed by atoms with E-state index in [0.29, 0.717) is 5.39 Å². The Labute approximate surface area is 92.0 Å². The lowest BCUT2D eigenvalue weighted by Gasteiger charge is -2.10. The third-order valence-electron chi connectivity index (χ3n) is 1.67. The van der Waals surface area contributed by atoms with Gasteiger partial charge in [0.05, 0.1) is 5.02 Å². The average molecular weight is 252 g/mol. The first-order valence-electron chi connectivity index (χ1n) is 3.80. The molecule has 0 fully saturated rings. The summed E-state index contributed by atoms with van der Waals surface area (Å²) in [6, 6.07) is 4.26. The summed E-state index contributed by atoms with van der Waals surface area (Å²) in [5, 5.41) is 3.37. The van der Waals surface area contributed by atoms with E-state index < -0.39 is 6.36 Å². The number of hydrogen-bond acceptors (Lipinski definition) is 2. The first-order chi connectivity index (χ1) is 6.96. The molecule has 0 aliphatic carbocycles. The van der Waals surface area contributed by atoms with Gasteiger partial charge in [-0.05, 0) is 23.6 Å². The minimum Gasteiger partial charge on any atom is -0.404 e. The van der Waals surface area contributed by atoms with E-state index in [0.717, 1.165) is 4.70 Å². The molecule has 0 aliphatic heterocycles. The van der Waals surface area contributed by atoms with Gasteiger partial charge in [-0.25, -0.2) is 0 Å². The lowest BCUT2D eigenvalue weighted by molar-refractivity contribution is -0.274. The van der Waals surface area contributed by atoms with Crippen LogP contribution in [0.4, 0.5) is 13.2 Å². The molecule has 6 heteroatoms. The zero-order chi connectivity index (χ0) is 11.1. The van der Waals surface area contributed by atoms with Gasteiger partial charge in [-0.3, -0.25) is 0 Å². The van der Waals surface area contributed by atoms with Crippen LogP contribution in [0.15, 0.2) is 18.2 Å². The van der Waals surface area contributed by atoms with E-state index in [2.05, 4.69) is 10.1 Å². The average Bonchev–Trinajstić information content (AvgIpc) is 2.49. The summed E-state index contributed by atoms with van der Waals surface area (Å²) in [6.07, 6.45) is -4.73. The molecule has 2 aromatic rings. The Bertz CT molecular complexity index is 492. The Morgan fingerprint density at radius 3 is 2.73 bits per heavy atom. The second-order valence-corrected chi connectivity index (χ2v) is 4.02. The number of benzene rings is 1. The molecule has 0 spiro atoms. The molecule has 1 aromatic carbocycles. The smallest absolute Gasteiger partial charge is 0.404 e. The molecule has 0 unspecified atom stereocenters. The van der Waals surface area contributed by atoms with Crippen molar-refractivity contribution >= 4 is 33.0 Å². The highest BCUT2D eigenvalue weighted by Crippen LogP contribution is 2.35. The monoisotopic (exact) mass is 251 g/mol. The maximum atomic E-state index is 12.0. The van der Waals surface area contributed by atoms with Gasteiger partial charge < -0.3 is 4.74 Å². The molecule has 15 heavy (non-hydrogen) atoms. The van der Waals surface area contributed by atoms with Crippen LogP contribution in [-0.2, 0) is 0 Å². The SMILES string of the molecule is FC(F)(F)Oc1cc2c[c]sc2cc1Cl. The highest BCUT2D eigenvalue weighted by atomic mass is 35.5. The normalized spacial score (nSPS) is 12.0. The molecule has 1 nitrogen and oxygen atoms in total. The molecular weight excluding hydrogens is 249 g/mol. The van der Waals surface area contributed by atoms with Crippen LogP contribution in [0.25, 0.3) is 10.1 Å². The molecule has 0 aliphatic rings. The molecule has 0 saturated carbocycles. The standard InChI is InChI=1S/C9H3ClF3OS/c10-6-4-8-5(1-2-15-8)3-7(6)14-9(11,12)13/h1,3-4H. The number of thiophene rings is 1. The lowest BCUT2D eigenvalue weighted by atomic mass is 10.2. The summed E-state index contributed by atoms with van der Waals surface area (Å²) in [4.78, 5) is 0. The summed E-state index contributed by atoms with van der Waals surface area (Å²) in [5.41, 5.74) is 0. The Hall–Kier alpha value is -0.940. The predicted octanol–water partition coefficient (Wildman–Crippen LogP) is 4.25. The fourth-order valence-electron chi connectivity index (χ4n) is 1.11. The van der Waals surface area contributed by atoms with Crippen LogP contribution in [0, 0.1) is 5.38 Å². The molecule has 2 rings (SSSR count). The van der Waals surface area contributed by atoms with Crippen LogP contribution < -0.4 is 4.74 Å². The molecule has 0 amide bonds. The summed E-state index contributed by atoms with van der Waals surface area (Å²) in [5.74, 6) is -0.386. The van der Waals surface area contributed by atoms with Crippen molar-refractivity contribution in [3.63, 3.8) is 0 Å². The fraction of sp³-hybridized carbons (Fsp3) is 0.111. The molecule has 0 bridgehead atoms. The minimum atomic E-state index is -4.73. The van der Waals surface area contributed by atoms with Crippen molar-refractivity contribution in [3.8, 4) is 5.75 Å². The molecule has 0 N–H and O–H groups in total. The van der Waals surface area contributed by atoms with Crippen molar-refractivity contribution in [3.05, 3.63) is 28.6 Å². The summed E-state index contributed by atoms with van der Waals surface area (Å²) >= 11 is 6.92. The minimum absolute atomic E-state index is 0.0596. The molecule has 1 radical (unpaired) electrons. The largest absolute Gasteiger partial charge is 0.573 e. The van der Waals surface area contributed by atoms with Crippen LogP contribution >= 0.6 is 22.9 Å². The van der Waals surface area contributed by atoms with Gasteiger partial charge in [-0.15, -0.1) is 24.5 Å². The molecule has 0 atom stereocenters. The topological polar surface area (TPSA) is 9.23 Å². The maximum Gasteiger partial charge on any atom is 0.573 e. The van der Waals surface area contributed by atoms with Crippen LogP contribution in [0.5, 0.6) is 5.75 Å². The van der Waals surface area contributed by atoms with Crippen LogP contribution in [-0.4, -0.2) is 6.36 Å². The molecule has 1 aromatic heterocycles. The summed E-state index contributed by atoms with van der Waals surface area (Å²) in [7, 11) is 0. The van der Waals surface area contributed by atoms with E-state index in [9.17, 15) is 13.2 Å². The first-order valence-corrected chi connectivity index (χ1v) is 5.00. The van der Waals surface area contributed by atoms with Crippen molar-refractivity contribution in [1.29, 1.82) is 0 Å². The third-order valence-corrected chi connectivity index (χ3v) is 2.78. The molecule has 79 valence electrons. The van der Waals surface area contributed by atoms with Crippen molar-refractivity contribution in [1.82, 2.24) is 0 Å². The number of alkyl halides is 3. The maximum absolute atomic E-state index is 12.0. The molecule has 1 heterocycles. The number of fused-ring (bicyclic) bond motifs is 1. The van der Waals surface area contributed by atoms with Gasteiger partial charge in [0, 0.05) is 10.1 Å². The highest BCUT2D eigenvalue weighted by molar-refractivity contribution is 7.16. The summed E-state index contributed by atoms with van der Waals surface area (Å²) < 4.78 is 40.4. The van der Waals surface area contributed by atoms with Gasteiger partial charge in [0.25, 0.3) is 0 Å². The van der Waals surface area contributed by atoms with E-state index in [1.807, 2.05) is 0 Å². The second-order valence-electron chi connectivity index (χ2n) is 2.73. The van der Waals surface area contributed by atoms with Crippen LogP contribution in [0.1, 0.15) is 0 Å². The zero-order valence-corrected chi connectivity index (χ0v) is 8.63. The van der Waals surface area contributed by atoms with Crippen LogP contribution in [0.3, 0.4) is 0 Å². The second kappa shape index (κ2) is 3.57. The zero-order valence-electron chi connectivity index (χ0n) is 7.06. The first kappa shape index (κ1) is 10.6. The number of rotatable bonds is 1. The Kier molecular flexibility index (Phi) is 2.52. The number of halogens is 4. The fourth-order valence-corrected chi connectivity index (χ4v) is 2.10. The van der Waals surface area contributed by atoms with E-state index in [4.69, 9.17) is 11.6 Å². The van der Waals surface area contributed by atoms with Gasteiger partial charge in [-0.2, -0.15) is 0 Å². The number of hydrogen-bond donors (Lipinski definition) is 0. The van der Waals surface area contributed by atoms with Crippen LogP contribution in [0.2, 0.25) is 5.02 Å². The van der Waals surface area contributed by atoms with E-state index in [-0.39, 0.29) is 10.8 Å². The van der Waals surface area contributed by atoms with Gasteiger partial charge in [-0.1, -0.05) is 11.6 Å². The van der Waals surface area contributed by atoms with Crippen molar-refractivity contribution in [2.75, 3.05) is 0 Å². The van der Waals surface area contributed by atoms with E-state index in [1.165, 1.54) is 23.5 Å². The Morgan fingerprint density at radius 1 is 1.33 bits per heavy atom. The van der Waals surface area contributed by atoms with E-state index in [1.54, 1.807) is 6.07 Å². The molecule has 0 saturated heterocycles. The lowest BCUT2D eigenvalue weighted by Crippen LogP contribution is -2.17. The quantitative estimate of drug-likeness (QED) is 0.736. The summed E-state index contributed by atoms with van der Waals surface area (Å²) in [6.45, 7) is 0. The third kappa shape index (κ3) is 2.35. The van der Waals surface area contributed by atoms with Gasteiger partial charge in [0.15, 0.2) is 0 Å². The predicted molar refractivity (Wildman–Crippen MR) is 52.4 cm³/mol. The molecular formula is C9H3ClF3OS. The Balaban J connectivity index is 2.46. The van der Waals surface area contributed by atoms with Crippen molar-refractivity contribution in [2.24, 2.45) is 0 Å². The van der Waals surface area contributed by atoms with Gasteiger partial charge in [0.1, 0.15) is 5.75 Å². The van der Waals surface area contributed by atoms with Crippen molar-refractivity contribution < 1.29 is 17.9 Å². The van der Waals surface area contributed by atoms with E-state index >= 15 is 0 Å². The van der Waals surface area contributed by atoms with Crippen molar-refractivity contribution in [2.45, 2.75) is 6.36 Å². The number of ether oxygens (including phenoxy) is 1.